The number of hydrogen-bond donors (Lipinski definition) is 1. The van der Waals surface area contributed by atoms with Gasteiger partial charge >= 0.3 is 6.03 Å². The van der Waals surface area contributed by atoms with Gasteiger partial charge in [-0.05, 0) is 42.7 Å². The summed E-state index contributed by atoms with van der Waals surface area (Å²) < 4.78 is 5.24. The van der Waals surface area contributed by atoms with E-state index >= 15 is 0 Å². The molecule has 1 saturated carbocycles. The number of para-hydroxylation sites is 1. The third-order valence-corrected chi connectivity index (χ3v) is 5.82. The van der Waals surface area contributed by atoms with Gasteiger partial charge in [-0.2, -0.15) is 0 Å². The minimum atomic E-state index is 0.0579. The summed E-state index contributed by atoms with van der Waals surface area (Å²) in [6, 6.07) is 18.7. The van der Waals surface area contributed by atoms with Crippen LogP contribution in [0.5, 0.6) is 5.75 Å². The lowest BCUT2D eigenvalue weighted by Crippen LogP contribution is -2.52. The second-order valence-electron chi connectivity index (χ2n) is 7.48. The Labute approximate surface area is 160 Å². The molecule has 0 radical (unpaired) electrons. The number of anilines is 1. The van der Waals surface area contributed by atoms with Crippen LogP contribution in [0.1, 0.15) is 18.4 Å². The number of carbonyl (C=O) groups excluding carboxylic acids is 1. The van der Waals surface area contributed by atoms with E-state index in [-0.39, 0.29) is 11.4 Å². The van der Waals surface area contributed by atoms with Crippen molar-refractivity contribution >= 4 is 11.7 Å². The van der Waals surface area contributed by atoms with Crippen molar-refractivity contribution in [3.63, 3.8) is 0 Å². The van der Waals surface area contributed by atoms with Gasteiger partial charge < -0.3 is 19.9 Å². The van der Waals surface area contributed by atoms with Crippen molar-refractivity contribution in [1.82, 2.24) is 10.2 Å². The molecule has 0 spiro atoms. The summed E-state index contributed by atoms with van der Waals surface area (Å²) in [5.74, 6) is 0.870. The summed E-state index contributed by atoms with van der Waals surface area (Å²) in [6.45, 7) is 3.98. The SMILES string of the molecule is COc1ccc(C2(CNC(=O)N3CCN(c4ccccc4)CC3)CC2)cc1. The minimum Gasteiger partial charge on any atom is -0.497 e. The Morgan fingerprint density at radius 3 is 2.26 bits per heavy atom. The normalized spacial score (nSPS) is 18.1. The molecule has 1 aliphatic heterocycles. The number of ether oxygens (including phenoxy) is 1. The Morgan fingerprint density at radius 1 is 1.00 bits per heavy atom. The van der Waals surface area contributed by atoms with Gasteiger partial charge in [0, 0.05) is 43.8 Å². The number of amides is 2. The van der Waals surface area contributed by atoms with Crippen LogP contribution in [0.4, 0.5) is 10.5 Å². The van der Waals surface area contributed by atoms with Crippen LogP contribution in [0.15, 0.2) is 54.6 Å². The maximum Gasteiger partial charge on any atom is 0.317 e. The number of nitrogens with zero attached hydrogens (tertiary/aromatic N) is 2. The van der Waals surface area contributed by atoms with Crippen LogP contribution in [0, 0.1) is 0 Å². The Hall–Kier alpha value is -2.69. The van der Waals surface area contributed by atoms with E-state index in [0.717, 1.165) is 44.8 Å². The number of nitrogens with one attached hydrogen (secondary N) is 1. The molecule has 2 fully saturated rings. The molecule has 0 aromatic heterocycles. The molecule has 5 nitrogen and oxygen atoms in total. The van der Waals surface area contributed by atoms with E-state index in [1.54, 1.807) is 7.11 Å². The minimum absolute atomic E-state index is 0.0579. The first-order chi connectivity index (χ1) is 13.2. The maximum absolute atomic E-state index is 12.6. The zero-order chi connectivity index (χ0) is 18.7. The molecule has 0 atom stereocenters. The van der Waals surface area contributed by atoms with Crippen LogP contribution in [0.25, 0.3) is 0 Å². The topological polar surface area (TPSA) is 44.8 Å². The maximum atomic E-state index is 12.6. The van der Waals surface area contributed by atoms with Crippen LogP contribution >= 0.6 is 0 Å². The van der Waals surface area contributed by atoms with Gasteiger partial charge in [0.2, 0.25) is 0 Å². The molecule has 1 saturated heterocycles. The van der Waals surface area contributed by atoms with Crippen LogP contribution in [0.2, 0.25) is 0 Å². The van der Waals surface area contributed by atoms with Gasteiger partial charge in [0.1, 0.15) is 5.75 Å². The van der Waals surface area contributed by atoms with Crippen molar-refractivity contribution in [1.29, 1.82) is 0 Å². The fourth-order valence-electron chi connectivity index (χ4n) is 3.83. The highest BCUT2D eigenvalue weighted by atomic mass is 16.5. The third-order valence-electron chi connectivity index (χ3n) is 5.82. The highest BCUT2D eigenvalue weighted by Crippen LogP contribution is 2.47. The number of hydrogen-bond acceptors (Lipinski definition) is 3. The van der Waals surface area contributed by atoms with Crippen molar-refractivity contribution in [3.05, 3.63) is 60.2 Å². The van der Waals surface area contributed by atoms with E-state index in [1.165, 1.54) is 11.3 Å². The molecule has 2 aromatic rings. The molecule has 1 heterocycles. The average molecular weight is 365 g/mol. The number of rotatable bonds is 5. The predicted molar refractivity (Wildman–Crippen MR) is 108 cm³/mol. The summed E-state index contributed by atoms with van der Waals surface area (Å²) in [7, 11) is 1.68. The van der Waals surface area contributed by atoms with Gasteiger partial charge in [-0.25, -0.2) is 4.79 Å². The molecule has 2 aliphatic rings. The zero-order valence-electron chi connectivity index (χ0n) is 15.9. The van der Waals surface area contributed by atoms with E-state index in [1.807, 2.05) is 23.1 Å². The van der Waals surface area contributed by atoms with Crippen LogP contribution < -0.4 is 15.0 Å². The number of urea groups is 1. The molecule has 27 heavy (non-hydrogen) atoms. The van der Waals surface area contributed by atoms with Gasteiger partial charge in [0.05, 0.1) is 7.11 Å². The van der Waals surface area contributed by atoms with Gasteiger partial charge in [-0.15, -0.1) is 0 Å². The van der Waals surface area contributed by atoms with Crippen molar-refractivity contribution in [2.24, 2.45) is 0 Å². The lowest BCUT2D eigenvalue weighted by Gasteiger charge is -2.36. The highest BCUT2D eigenvalue weighted by Gasteiger charge is 2.44. The van der Waals surface area contributed by atoms with Gasteiger partial charge in [0.25, 0.3) is 0 Å². The van der Waals surface area contributed by atoms with E-state index in [2.05, 4.69) is 46.6 Å². The van der Waals surface area contributed by atoms with Crippen LogP contribution in [-0.2, 0) is 5.41 Å². The molecule has 2 amide bonds. The second-order valence-corrected chi connectivity index (χ2v) is 7.48. The van der Waals surface area contributed by atoms with Gasteiger partial charge in [0.15, 0.2) is 0 Å². The Bertz CT molecular complexity index is 764. The first-order valence-electron chi connectivity index (χ1n) is 9.67. The first kappa shape index (κ1) is 17.7. The number of piperazine rings is 1. The quantitative estimate of drug-likeness (QED) is 0.885. The standard InChI is InChI=1S/C22H27N3O2/c1-27-20-9-7-18(8-10-20)22(11-12-22)17-23-21(26)25-15-13-24(14-16-25)19-5-3-2-4-6-19/h2-10H,11-17H2,1H3,(H,23,26). The largest absolute Gasteiger partial charge is 0.497 e. The number of benzene rings is 2. The number of methoxy groups -OCH3 is 1. The monoisotopic (exact) mass is 365 g/mol. The Kier molecular flexibility index (Phi) is 4.92. The second kappa shape index (κ2) is 7.51. The van der Waals surface area contributed by atoms with Crippen molar-refractivity contribution in [3.8, 4) is 5.75 Å². The molecular formula is C22H27N3O2. The van der Waals surface area contributed by atoms with Gasteiger partial charge in [-0.3, -0.25) is 0 Å². The Balaban J connectivity index is 1.28. The first-order valence-corrected chi connectivity index (χ1v) is 9.67. The molecule has 2 aromatic carbocycles. The molecule has 1 N–H and O–H groups in total. The molecule has 142 valence electrons. The molecule has 4 rings (SSSR count). The van der Waals surface area contributed by atoms with E-state index < -0.39 is 0 Å². The smallest absolute Gasteiger partial charge is 0.317 e. The lowest BCUT2D eigenvalue weighted by molar-refractivity contribution is 0.193. The summed E-state index contributed by atoms with van der Waals surface area (Å²) >= 11 is 0. The summed E-state index contributed by atoms with van der Waals surface area (Å²) in [6.07, 6.45) is 2.25. The Morgan fingerprint density at radius 2 is 1.67 bits per heavy atom. The average Bonchev–Trinajstić information content (AvgIpc) is 3.54. The highest BCUT2D eigenvalue weighted by molar-refractivity contribution is 5.75. The lowest BCUT2D eigenvalue weighted by atomic mass is 9.96. The molecule has 0 unspecified atom stereocenters. The zero-order valence-corrected chi connectivity index (χ0v) is 15.9. The molecule has 0 bridgehead atoms. The van der Waals surface area contributed by atoms with Crippen LogP contribution in [0.3, 0.4) is 0 Å². The third kappa shape index (κ3) is 3.87. The molecule has 1 aliphatic carbocycles. The van der Waals surface area contributed by atoms with Crippen molar-refractivity contribution in [2.45, 2.75) is 18.3 Å². The van der Waals surface area contributed by atoms with Crippen molar-refractivity contribution in [2.75, 3.05) is 44.7 Å². The predicted octanol–water partition coefficient (Wildman–Crippen LogP) is 3.26. The van der Waals surface area contributed by atoms with Crippen molar-refractivity contribution < 1.29 is 9.53 Å². The summed E-state index contributed by atoms with van der Waals surface area (Å²) in [5.41, 5.74) is 2.62. The van der Waals surface area contributed by atoms with Crippen LogP contribution in [-0.4, -0.2) is 50.8 Å². The van der Waals surface area contributed by atoms with E-state index in [4.69, 9.17) is 4.74 Å². The fourth-order valence-corrected chi connectivity index (χ4v) is 3.83. The van der Waals surface area contributed by atoms with E-state index in [0.29, 0.717) is 6.54 Å². The fraction of sp³-hybridized carbons (Fsp3) is 0.409. The number of carbonyl (C=O) groups is 1. The van der Waals surface area contributed by atoms with Gasteiger partial charge in [-0.1, -0.05) is 30.3 Å². The summed E-state index contributed by atoms with van der Waals surface area (Å²) in [4.78, 5) is 16.9. The molecule has 5 heteroatoms. The summed E-state index contributed by atoms with van der Waals surface area (Å²) in [5, 5.41) is 3.17. The molecular weight excluding hydrogens is 338 g/mol. The van der Waals surface area contributed by atoms with E-state index in [9.17, 15) is 4.79 Å².